The van der Waals surface area contributed by atoms with Gasteiger partial charge in [0.15, 0.2) is 0 Å². The lowest BCUT2D eigenvalue weighted by Gasteiger charge is -2.38. The third-order valence-electron chi connectivity index (χ3n) is 1.99. The first-order chi connectivity index (χ1) is 5.13. The molecule has 64 valence electrons. The number of carbonyl (C=O) groups is 1. The zero-order valence-electron chi connectivity index (χ0n) is 6.74. The second kappa shape index (κ2) is 3.19. The first-order valence-corrected chi connectivity index (χ1v) is 3.69. The minimum atomic E-state index is -0.594. The van der Waals surface area contributed by atoms with Crippen molar-refractivity contribution in [1.29, 1.82) is 0 Å². The molecule has 0 aliphatic carbocycles. The Kier molecular flexibility index (Phi) is 2.46. The van der Waals surface area contributed by atoms with Crippen LogP contribution in [0.1, 0.15) is 13.3 Å². The lowest BCUT2D eigenvalue weighted by Crippen LogP contribution is -2.44. The number of esters is 1. The summed E-state index contributed by atoms with van der Waals surface area (Å²) < 4.78 is 4.74. The Morgan fingerprint density at radius 2 is 2.36 bits per heavy atom. The number of rotatable bonds is 1. The van der Waals surface area contributed by atoms with Crippen LogP contribution in [-0.4, -0.2) is 30.7 Å². The summed E-state index contributed by atoms with van der Waals surface area (Å²) in [6.45, 7) is 2.34. The van der Waals surface area contributed by atoms with E-state index >= 15 is 0 Å². The van der Waals surface area contributed by atoms with Gasteiger partial charge in [0.05, 0.1) is 12.6 Å². The summed E-state index contributed by atoms with van der Waals surface area (Å²) in [7, 11) is 1.35. The van der Waals surface area contributed by atoms with E-state index in [0.717, 1.165) is 6.42 Å². The van der Waals surface area contributed by atoms with Crippen molar-refractivity contribution in [3.05, 3.63) is 5.21 Å². The van der Waals surface area contributed by atoms with E-state index in [2.05, 4.69) is 0 Å². The van der Waals surface area contributed by atoms with Crippen LogP contribution in [0.4, 0.5) is 0 Å². The molecule has 1 aliphatic heterocycles. The van der Waals surface area contributed by atoms with Crippen LogP contribution in [0.25, 0.3) is 0 Å². The molecule has 0 amide bonds. The Hall–Kier alpha value is -0.610. The van der Waals surface area contributed by atoms with Crippen molar-refractivity contribution in [2.75, 3.05) is 13.7 Å². The molecule has 1 saturated heterocycles. The zero-order valence-corrected chi connectivity index (χ0v) is 6.74. The highest BCUT2D eigenvalue weighted by atomic mass is 16.6. The molecule has 0 radical (unpaired) electrons. The number of hydroxylamine groups is 2. The number of likely N-dealkylation sites (N-methyl/N-ethyl adjacent to an activating group) is 1. The van der Waals surface area contributed by atoms with Gasteiger partial charge in [-0.15, -0.1) is 0 Å². The maximum Gasteiger partial charge on any atom is 0.322 e. The normalized spacial score (nSPS) is 32.2. The van der Waals surface area contributed by atoms with Crippen LogP contribution in [0.15, 0.2) is 0 Å². The Morgan fingerprint density at radius 3 is 2.73 bits per heavy atom. The van der Waals surface area contributed by atoms with E-state index in [0.29, 0.717) is 11.7 Å². The maximum absolute atomic E-state index is 11.0. The summed E-state index contributed by atoms with van der Waals surface area (Å²) >= 11 is 0. The van der Waals surface area contributed by atoms with Gasteiger partial charge in [-0.2, -0.15) is 0 Å². The molecule has 0 saturated carbocycles. The van der Waals surface area contributed by atoms with Gasteiger partial charge in [-0.3, -0.25) is 4.79 Å². The number of nitrogens with zero attached hydrogens (tertiary/aromatic N) is 1. The molecule has 0 spiro atoms. The van der Waals surface area contributed by atoms with Gasteiger partial charge in [0.25, 0.3) is 0 Å². The van der Waals surface area contributed by atoms with E-state index in [-0.39, 0.29) is 11.9 Å². The minimum absolute atomic E-state index is 0.110. The van der Waals surface area contributed by atoms with Crippen LogP contribution in [0.5, 0.6) is 0 Å². The maximum atomic E-state index is 11.0. The molecule has 1 fully saturated rings. The van der Waals surface area contributed by atoms with Crippen molar-refractivity contribution in [3.8, 4) is 0 Å². The van der Waals surface area contributed by atoms with E-state index in [1.807, 2.05) is 6.92 Å². The Bertz CT molecular complexity index is 158. The molecule has 1 rings (SSSR count). The fraction of sp³-hybridized carbons (Fsp3) is 0.857. The smallest absolute Gasteiger partial charge is 0.322 e. The molecular weight excluding hydrogens is 146 g/mol. The first-order valence-electron chi connectivity index (χ1n) is 3.69. The highest BCUT2D eigenvalue weighted by Crippen LogP contribution is 2.19. The third kappa shape index (κ3) is 1.70. The van der Waals surface area contributed by atoms with E-state index < -0.39 is 6.04 Å². The zero-order chi connectivity index (χ0) is 8.43. The summed E-state index contributed by atoms with van der Waals surface area (Å²) in [4.78, 5) is 11.0. The molecule has 4 nitrogen and oxygen atoms in total. The van der Waals surface area contributed by atoms with Crippen molar-refractivity contribution < 1.29 is 9.53 Å². The molecule has 0 bridgehead atoms. The van der Waals surface area contributed by atoms with Crippen molar-refractivity contribution >= 4 is 5.97 Å². The lowest BCUT2D eigenvalue weighted by atomic mass is 9.97. The van der Waals surface area contributed by atoms with Crippen molar-refractivity contribution in [3.63, 3.8) is 0 Å². The van der Waals surface area contributed by atoms with Gasteiger partial charge in [-0.05, 0) is 19.4 Å². The molecule has 11 heavy (non-hydrogen) atoms. The van der Waals surface area contributed by atoms with Gasteiger partial charge in [0.1, 0.15) is 0 Å². The summed E-state index contributed by atoms with van der Waals surface area (Å²) in [5.74, 6) is -0.278. The first kappa shape index (κ1) is 8.49. The monoisotopic (exact) mass is 158 g/mol. The number of hydrogen-bond donors (Lipinski definition) is 0. The van der Waals surface area contributed by atoms with Crippen LogP contribution >= 0.6 is 0 Å². The number of hydrogen-bond acceptors (Lipinski definition) is 4. The molecule has 1 aliphatic rings. The van der Waals surface area contributed by atoms with E-state index in [9.17, 15) is 10.0 Å². The van der Waals surface area contributed by atoms with Gasteiger partial charge in [0, 0.05) is 0 Å². The molecule has 0 N–H and O–H groups in total. The Labute approximate surface area is 65.7 Å². The van der Waals surface area contributed by atoms with Crippen LogP contribution in [0.2, 0.25) is 0 Å². The van der Waals surface area contributed by atoms with Gasteiger partial charge in [-0.25, -0.2) is 0 Å². The number of cyclic esters (lactones) is 1. The SMILES string of the molecule is CC1CCOC(=O)C1N(C)[O-]. The molecule has 0 aromatic carbocycles. The lowest BCUT2D eigenvalue weighted by molar-refractivity contribution is -0.156. The quantitative estimate of drug-likeness (QED) is 0.408. The average Bonchev–Trinajstić information content (AvgIpc) is 1.85. The fourth-order valence-corrected chi connectivity index (χ4v) is 1.33. The summed E-state index contributed by atoms with van der Waals surface area (Å²) in [6, 6.07) is -0.594. The highest BCUT2D eigenvalue weighted by Gasteiger charge is 2.30. The predicted octanol–water partition coefficient (Wildman–Crippen LogP) is 0.368. The van der Waals surface area contributed by atoms with Crippen molar-refractivity contribution in [1.82, 2.24) is 5.06 Å². The van der Waals surface area contributed by atoms with Gasteiger partial charge in [0.2, 0.25) is 0 Å². The second-order valence-corrected chi connectivity index (χ2v) is 2.92. The molecular formula is C7H12NO3-. The van der Waals surface area contributed by atoms with Gasteiger partial charge in [-0.1, -0.05) is 6.92 Å². The molecule has 4 heteroatoms. The molecule has 2 unspecified atom stereocenters. The van der Waals surface area contributed by atoms with E-state index in [1.165, 1.54) is 7.05 Å². The van der Waals surface area contributed by atoms with Crippen molar-refractivity contribution in [2.45, 2.75) is 19.4 Å². The van der Waals surface area contributed by atoms with Crippen LogP contribution in [-0.2, 0) is 9.53 Å². The highest BCUT2D eigenvalue weighted by molar-refractivity contribution is 5.76. The summed E-state index contributed by atoms with van der Waals surface area (Å²) in [6.07, 6.45) is 0.781. The topological polar surface area (TPSA) is 52.6 Å². The summed E-state index contributed by atoms with van der Waals surface area (Å²) in [5, 5.41) is 11.5. The number of carbonyl (C=O) groups excluding carboxylic acids is 1. The molecule has 0 aromatic rings. The second-order valence-electron chi connectivity index (χ2n) is 2.92. The Morgan fingerprint density at radius 1 is 1.73 bits per heavy atom. The standard InChI is InChI=1S/C7H12NO3/c1-5-3-4-11-7(9)6(5)8(2)10/h5-6H,3-4H2,1-2H3/q-1. The Balaban J connectivity index is 2.63. The van der Waals surface area contributed by atoms with Crippen LogP contribution in [0.3, 0.4) is 0 Å². The third-order valence-corrected chi connectivity index (χ3v) is 1.99. The number of ether oxygens (including phenoxy) is 1. The van der Waals surface area contributed by atoms with Crippen LogP contribution in [0, 0.1) is 11.1 Å². The average molecular weight is 158 g/mol. The molecule has 0 aromatic heterocycles. The van der Waals surface area contributed by atoms with Crippen molar-refractivity contribution in [2.24, 2.45) is 5.92 Å². The minimum Gasteiger partial charge on any atom is -0.785 e. The fourth-order valence-electron chi connectivity index (χ4n) is 1.33. The van der Waals surface area contributed by atoms with E-state index in [4.69, 9.17) is 4.74 Å². The predicted molar refractivity (Wildman–Crippen MR) is 39.7 cm³/mol. The summed E-state index contributed by atoms with van der Waals surface area (Å²) in [5.41, 5.74) is 0. The van der Waals surface area contributed by atoms with E-state index in [1.54, 1.807) is 0 Å². The molecule has 2 atom stereocenters. The van der Waals surface area contributed by atoms with Crippen LogP contribution < -0.4 is 0 Å². The van der Waals surface area contributed by atoms with Gasteiger partial charge >= 0.3 is 5.97 Å². The molecule has 1 heterocycles. The van der Waals surface area contributed by atoms with Gasteiger partial charge < -0.3 is 15.0 Å². The largest absolute Gasteiger partial charge is 0.785 e.